The van der Waals surface area contributed by atoms with Gasteiger partial charge in [0.05, 0.1) is 4.92 Å². The summed E-state index contributed by atoms with van der Waals surface area (Å²) in [7, 11) is 0. The SMILES string of the molecule is O=C(CCn1cc([N+](=O)[O-])cn1)NCC1CCCN1c1cccnn1. The van der Waals surface area contributed by atoms with Gasteiger partial charge in [0.2, 0.25) is 5.91 Å². The van der Waals surface area contributed by atoms with Crippen molar-refractivity contribution in [3.8, 4) is 0 Å². The lowest BCUT2D eigenvalue weighted by Gasteiger charge is -2.25. The van der Waals surface area contributed by atoms with Crippen LogP contribution < -0.4 is 10.2 Å². The molecule has 1 fully saturated rings. The van der Waals surface area contributed by atoms with E-state index in [1.54, 1.807) is 6.20 Å². The number of nitrogens with zero attached hydrogens (tertiary/aromatic N) is 6. The smallest absolute Gasteiger partial charge is 0.306 e. The van der Waals surface area contributed by atoms with Crippen molar-refractivity contribution >= 4 is 17.4 Å². The zero-order valence-electron chi connectivity index (χ0n) is 13.6. The molecule has 0 aliphatic carbocycles. The van der Waals surface area contributed by atoms with Gasteiger partial charge in [-0.15, -0.1) is 5.10 Å². The summed E-state index contributed by atoms with van der Waals surface area (Å²) >= 11 is 0. The Kier molecular flexibility index (Phi) is 5.17. The molecule has 1 saturated heterocycles. The van der Waals surface area contributed by atoms with Crippen LogP contribution in [0, 0.1) is 10.1 Å². The third-order valence-corrected chi connectivity index (χ3v) is 4.16. The average Bonchev–Trinajstić information content (AvgIpc) is 3.28. The monoisotopic (exact) mass is 345 g/mol. The molecule has 1 aliphatic heterocycles. The van der Waals surface area contributed by atoms with Crippen molar-refractivity contribution in [3.63, 3.8) is 0 Å². The van der Waals surface area contributed by atoms with E-state index in [9.17, 15) is 14.9 Å². The highest BCUT2D eigenvalue weighted by atomic mass is 16.6. The van der Waals surface area contributed by atoms with Crippen molar-refractivity contribution in [2.24, 2.45) is 0 Å². The normalized spacial score (nSPS) is 16.8. The fourth-order valence-electron chi connectivity index (χ4n) is 2.90. The minimum atomic E-state index is -0.509. The molecule has 1 unspecified atom stereocenters. The highest BCUT2D eigenvalue weighted by Crippen LogP contribution is 2.22. The molecule has 1 amide bonds. The maximum absolute atomic E-state index is 12.0. The van der Waals surface area contributed by atoms with E-state index >= 15 is 0 Å². The van der Waals surface area contributed by atoms with E-state index in [1.807, 2.05) is 12.1 Å². The molecule has 0 radical (unpaired) electrons. The van der Waals surface area contributed by atoms with Gasteiger partial charge >= 0.3 is 5.69 Å². The number of carbonyl (C=O) groups is 1. The number of hydrogen-bond acceptors (Lipinski definition) is 7. The van der Waals surface area contributed by atoms with Gasteiger partial charge in [0, 0.05) is 38.3 Å². The van der Waals surface area contributed by atoms with Crippen LogP contribution in [0.15, 0.2) is 30.7 Å². The van der Waals surface area contributed by atoms with Gasteiger partial charge in [-0.1, -0.05) is 0 Å². The van der Waals surface area contributed by atoms with E-state index in [1.165, 1.54) is 17.1 Å². The van der Waals surface area contributed by atoms with Gasteiger partial charge in [-0.3, -0.25) is 19.6 Å². The predicted molar refractivity (Wildman–Crippen MR) is 88.9 cm³/mol. The third-order valence-electron chi connectivity index (χ3n) is 4.16. The maximum Gasteiger partial charge on any atom is 0.306 e. The largest absolute Gasteiger partial charge is 0.354 e. The van der Waals surface area contributed by atoms with Crippen molar-refractivity contribution in [1.29, 1.82) is 0 Å². The van der Waals surface area contributed by atoms with Crippen LogP contribution in [0.3, 0.4) is 0 Å². The molecule has 1 N–H and O–H groups in total. The molecule has 3 heterocycles. The molecule has 3 rings (SSSR count). The van der Waals surface area contributed by atoms with Gasteiger partial charge in [-0.25, -0.2) is 0 Å². The standard InChI is InChI=1S/C15H19N7O3/c23-15(5-8-20-11-13(10-18-20)22(24)25)16-9-12-3-2-7-21(12)14-4-1-6-17-19-14/h1,4,6,10-12H,2-3,5,7-9H2,(H,16,23). The topological polar surface area (TPSA) is 119 Å². The molecule has 10 heteroatoms. The number of aryl methyl sites for hydroxylation is 1. The lowest BCUT2D eigenvalue weighted by atomic mass is 10.2. The number of carbonyl (C=O) groups excluding carboxylic acids is 1. The molecule has 2 aromatic heterocycles. The van der Waals surface area contributed by atoms with E-state index in [-0.39, 0.29) is 24.1 Å². The molecule has 25 heavy (non-hydrogen) atoms. The first-order valence-corrected chi connectivity index (χ1v) is 8.11. The summed E-state index contributed by atoms with van der Waals surface area (Å²) in [6, 6.07) is 3.96. The van der Waals surface area contributed by atoms with Crippen LogP contribution in [-0.2, 0) is 11.3 Å². The molecule has 0 aromatic carbocycles. The molecule has 10 nitrogen and oxygen atoms in total. The molecular weight excluding hydrogens is 326 g/mol. The Bertz CT molecular complexity index is 734. The number of rotatable bonds is 7. The first-order chi connectivity index (χ1) is 12.1. The molecule has 1 aliphatic rings. The van der Waals surface area contributed by atoms with Gasteiger partial charge in [0.1, 0.15) is 12.4 Å². The Hall–Kier alpha value is -3.04. The summed E-state index contributed by atoms with van der Waals surface area (Å²) in [4.78, 5) is 24.3. The van der Waals surface area contributed by atoms with Crippen molar-refractivity contribution < 1.29 is 9.72 Å². The lowest BCUT2D eigenvalue weighted by molar-refractivity contribution is -0.385. The summed E-state index contributed by atoms with van der Waals surface area (Å²) in [5, 5.41) is 25.4. The van der Waals surface area contributed by atoms with E-state index in [2.05, 4.69) is 25.5 Å². The Morgan fingerprint density at radius 2 is 2.36 bits per heavy atom. The fourth-order valence-corrected chi connectivity index (χ4v) is 2.90. The molecule has 132 valence electrons. The first kappa shape index (κ1) is 16.8. The Morgan fingerprint density at radius 1 is 1.48 bits per heavy atom. The molecule has 0 saturated carbocycles. The van der Waals surface area contributed by atoms with E-state index in [4.69, 9.17) is 0 Å². The number of nitro groups is 1. The van der Waals surface area contributed by atoms with Crippen LogP contribution in [0.5, 0.6) is 0 Å². The second-order valence-corrected chi connectivity index (χ2v) is 5.84. The number of amides is 1. The summed E-state index contributed by atoms with van der Waals surface area (Å²) in [5.41, 5.74) is -0.0778. The van der Waals surface area contributed by atoms with Crippen LogP contribution >= 0.6 is 0 Å². The van der Waals surface area contributed by atoms with Gasteiger partial charge in [-0.05, 0) is 25.0 Å². The van der Waals surface area contributed by atoms with E-state index in [0.717, 1.165) is 25.2 Å². The molecular formula is C15H19N7O3. The van der Waals surface area contributed by atoms with Crippen molar-refractivity contribution in [2.45, 2.75) is 31.8 Å². The average molecular weight is 345 g/mol. The summed E-state index contributed by atoms with van der Waals surface area (Å²) in [6.07, 6.45) is 6.39. The maximum atomic E-state index is 12.0. The van der Waals surface area contributed by atoms with Crippen LogP contribution in [0.25, 0.3) is 0 Å². The summed E-state index contributed by atoms with van der Waals surface area (Å²) in [6.45, 7) is 1.74. The van der Waals surface area contributed by atoms with E-state index in [0.29, 0.717) is 13.1 Å². The number of hydrogen-bond donors (Lipinski definition) is 1. The zero-order valence-corrected chi connectivity index (χ0v) is 13.6. The molecule has 0 spiro atoms. The quantitative estimate of drug-likeness (QED) is 0.581. The van der Waals surface area contributed by atoms with Crippen molar-refractivity contribution in [2.75, 3.05) is 18.0 Å². The zero-order chi connectivity index (χ0) is 17.6. The van der Waals surface area contributed by atoms with Gasteiger partial charge in [-0.2, -0.15) is 10.2 Å². The minimum absolute atomic E-state index is 0.0778. The number of anilines is 1. The molecule has 0 bridgehead atoms. The number of nitrogens with one attached hydrogen (secondary N) is 1. The van der Waals surface area contributed by atoms with Crippen molar-refractivity contribution in [1.82, 2.24) is 25.3 Å². The van der Waals surface area contributed by atoms with Crippen LogP contribution in [0.2, 0.25) is 0 Å². The lowest BCUT2D eigenvalue weighted by Crippen LogP contribution is -2.40. The first-order valence-electron chi connectivity index (χ1n) is 8.11. The minimum Gasteiger partial charge on any atom is -0.354 e. The summed E-state index contributed by atoms with van der Waals surface area (Å²) < 4.78 is 1.40. The molecule has 2 aromatic rings. The Labute approximate surface area is 144 Å². The highest BCUT2D eigenvalue weighted by Gasteiger charge is 2.26. The summed E-state index contributed by atoms with van der Waals surface area (Å²) in [5.74, 6) is 0.715. The van der Waals surface area contributed by atoms with Crippen LogP contribution in [-0.4, -0.2) is 49.9 Å². The second kappa shape index (κ2) is 7.69. The Balaban J connectivity index is 1.46. The van der Waals surface area contributed by atoms with Gasteiger partial charge in [0.15, 0.2) is 5.82 Å². The second-order valence-electron chi connectivity index (χ2n) is 5.84. The van der Waals surface area contributed by atoms with Gasteiger partial charge < -0.3 is 10.2 Å². The fraction of sp³-hybridized carbons (Fsp3) is 0.467. The number of aromatic nitrogens is 4. The van der Waals surface area contributed by atoms with Gasteiger partial charge in [0.25, 0.3) is 0 Å². The third kappa shape index (κ3) is 4.28. The van der Waals surface area contributed by atoms with Crippen LogP contribution in [0.4, 0.5) is 11.5 Å². The predicted octanol–water partition coefficient (Wildman–Crippen LogP) is 0.757. The van der Waals surface area contributed by atoms with Crippen LogP contribution in [0.1, 0.15) is 19.3 Å². The Morgan fingerprint density at radius 3 is 3.08 bits per heavy atom. The molecule has 1 atom stereocenters. The highest BCUT2D eigenvalue weighted by molar-refractivity contribution is 5.75. The van der Waals surface area contributed by atoms with Crippen molar-refractivity contribution in [3.05, 3.63) is 40.8 Å². The van der Waals surface area contributed by atoms with E-state index < -0.39 is 4.92 Å².